The zero-order valence-corrected chi connectivity index (χ0v) is 11.5. The molecule has 94 valence electrons. The summed E-state index contributed by atoms with van der Waals surface area (Å²) < 4.78 is 5.24. The van der Waals surface area contributed by atoms with E-state index in [0.29, 0.717) is 0 Å². The average Bonchev–Trinajstić information content (AvgIpc) is 2.16. The summed E-state index contributed by atoms with van der Waals surface area (Å²) in [7, 11) is 0. The van der Waals surface area contributed by atoms with Gasteiger partial charge in [0, 0.05) is 0 Å². The topological polar surface area (TPSA) is 38.3 Å². The van der Waals surface area contributed by atoms with Gasteiger partial charge < -0.3 is 4.74 Å². The van der Waals surface area contributed by atoms with E-state index in [1.165, 1.54) is 0 Å². The molecule has 0 aromatic heterocycles. The Bertz CT molecular complexity index is 431. The quantitative estimate of drug-likeness (QED) is 0.800. The SMILES string of the molecule is Cc1ccc(C)c(NC(=O)OC(C)(C)C)c1C. The lowest BCUT2D eigenvalue weighted by Crippen LogP contribution is -2.27. The van der Waals surface area contributed by atoms with Crippen LogP contribution in [0.4, 0.5) is 10.5 Å². The number of aryl methyl sites for hydroxylation is 2. The van der Waals surface area contributed by atoms with E-state index in [1.54, 1.807) is 0 Å². The molecule has 0 saturated heterocycles. The molecule has 0 aliphatic carbocycles. The first-order valence-electron chi connectivity index (χ1n) is 5.77. The normalized spacial score (nSPS) is 11.2. The van der Waals surface area contributed by atoms with Crippen LogP contribution in [0.15, 0.2) is 12.1 Å². The summed E-state index contributed by atoms with van der Waals surface area (Å²) in [5, 5.41) is 2.81. The zero-order chi connectivity index (χ0) is 13.2. The van der Waals surface area contributed by atoms with Gasteiger partial charge in [0.1, 0.15) is 5.60 Å². The van der Waals surface area contributed by atoms with Crippen molar-refractivity contribution in [2.75, 3.05) is 5.32 Å². The summed E-state index contributed by atoms with van der Waals surface area (Å²) in [5.41, 5.74) is 3.64. The maximum atomic E-state index is 11.7. The molecule has 1 N–H and O–H groups in total. The number of rotatable bonds is 1. The first-order valence-corrected chi connectivity index (χ1v) is 5.77. The number of benzene rings is 1. The second kappa shape index (κ2) is 4.78. The number of amides is 1. The van der Waals surface area contributed by atoms with Crippen molar-refractivity contribution in [1.29, 1.82) is 0 Å². The smallest absolute Gasteiger partial charge is 0.412 e. The second-order valence-electron chi connectivity index (χ2n) is 5.33. The third kappa shape index (κ3) is 3.77. The number of hydrogen-bond donors (Lipinski definition) is 1. The molecule has 0 atom stereocenters. The van der Waals surface area contributed by atoms with Gasteiger partial charge in [-0.2, -0.15) is 0 Å². The minimum absolute atomic E-state index is 0.408. The van der Waals surface area contributed by atoms with Gasteiger partial charge >= 0.3 is 6.09 Å². The Labute approximate surface area is 103 Å². The predicted molar refractivity (Wildman–Crippen MR) is 70.5 cm³/mol. The third-order valence-corrected chi connectivity index (χ3v) is 2.57. The van der Waals surface area contributed by atoms with Gasteiger partial charge in [-0.05, 0) is 58.2 Å². The first kappa shape index (κ1) is 13.6. The highest BCUT2D eigenvalue weighted by atomic mass is 16.6. The number of carbonyl (C=O) groups excluding carboxylic acids is 1. The standard InChI is InChI=1S/C14H21NO2/c1-9-7-8-10(2)12(11(9)3)15-13(16)17-14(4,5)6/h7-8H,1-6H3,(H,15,16). The summed E-state index contributed by atoms with van der Waals surface area (Å²) >= 11 is 0. The molecule has 0 heterocycles. The van der Waals surface area contributed by atoms with Gasteiger partial charge in [0.15, 0.2) is 0 Å². The Hall–Kier alpha value is -1.51. The van der Waals surface area contributed by atoms with E-state index in [4.69, 9.17) is 4.74 Å². The van der Waals surface area contributed by atoms with Crippen molar-refractivity contribution in [2.24, 2.45) is 0 Å². The van der Waals surface area contributed by atoms with Crippen LogP contribution >= 0.6 is 0 Å². The molecule has 0 spiro atoms. The average molecular weight is 235 g/mol. The van der Waals surface area contributed by atoms with E-state index in [2.05, 4.69) is 5.32 Å². The van der Waals surface area contributed by atoms with Gasteiger partial charge in [-0.3, -0.25) is 5.32 Å². The van der Waals surface area contributed by atoms with Crippen LogP contribution in [0.5, 0.6) is 0 Å². The van der Waals surface area contributed by atoms with Crippen molar-refractivity contribution in [1.82, 2.24) is 0 Å². The van der Waals surface area contributed by atoms with E-state index < -0.39 is 11.7 Å². The van der Waals surface area contributed by atoms with Gasteiger partial charge in [-0.25, -0.2) is 4.79 Å². The van der Waals surface area contributed by atoms with Gasteiger partial charge in [0.25, 0.3) is 0 Å². The largest absolute Gasteiger partial charge is 0.444 e. The van der Waals surface area contributed by atoms with Gasteiger partial charge in [0.2, 0.25) is 0 Å². The van der Waals surface area contributed by atoms with Crippen LogP contribution in [-0.4, -0.2) is 11.7 Å². The Morgan fingerprint density at radius 2 is 1.65 bits per heavy atom. The predicted octanol–water partition coefficient (Wildman–Crippen LogP) is 3.96. The third-order valence-electron chi connectivity index (χ3n) is 2.57. The monoisotopic (exact) mass is 235 g/mol. The molecule has 3 nitrogen and oxygen atoms in total. The highest BCUT2D eigenvalue weighted by Crippen LogP contribution is 2.23. The lowest BCUT2D eigenvalue weighted by atomic mass is 10.0. The van der Waals surface area contributed by atoms with Crippen LogP contribution in [0.1, 0.15) is 37.5 Å². The minimum atomic E-state index is -0.476. The van der Waals surface area contributed by atoms with Crippen LogP contribution in [0.25, 0.3) is 0 Å². The van der Waals surface area contributed by atoms with E-state index in [0.717, 1.165) is 22.4 Å². The molecule has 0 unspecified atom stereocenters. The molecule has 1 aromatic carbocycles. The molecule has 1 amide bonds. The van der Waals surface area contributed by atoms with Crippen LogP contribution in [-0.2, 0) is 4.74 Å². The zero-order valence-electron chi connectivity index (χ0n) is 11.5. The fourth-order valence-corrected chi connectivity index (χ4v) is 1.55. The fraction of sp³-hybridized carbons (Fsp3) is 0.500. The van der Waals surface area contributed by atoms with Crippen molar-refractivity contribution < 1.29 is 9.53 Å². The molecule has 1 rings (SSSR count). The Kier molecular flexibility index (Phi) is 3.81. The van der Waals surface area contributed by atoms with E-state index in [-0.39, 0.29) is 0 Å². The second-order valence-corrected chi connectivity index (χ2v) is 5.33. The molecule has 0 fully saturated rings. The van der Waals surface area contributed by atoms with Crippen molar-refractivity contribution in [2.45, 2.75) is 47.1 Å². The van der Waals surface area contributed by atoms with E-state index in [9.17, 15) is 4.79 Å². The highest BCUT2D eigenvalue weighted by molar-refractivity contribution is 5.87. The number of carbonyl (C=O) groups is 1. The maximum Gasteiger partial charge on any atom is 0.412 e. The van der Waals surface area contributed by atoms with Gasteiger partial charge in [-0.15, -0.1) is 0 Å². The Morgan fingerprint density at radius 3 is 2.18 bits per heavy atom. The van der Waals surface area contributed by atoms with Gasteiger partial charge in [0.05, 0.1) is 5.69 Å². The summed E-state index contributed by atoms with van der Waals surface area (Å²) in [6, 6.07) is 4.04. The molecule has 0 aliphatic rings. The summed E-state index contributed by atoms with van der Waals surface area (Å²) in [5.74, 6) is 0. The van der Waals surface area contributed by atoms with Crippen molar-refractivity contribution in [3.63, 3.8) is 0 Å². The molecule has 1 aromatic rings. The summed E-state index contributed by atoms with van der Waals surface area (Å²) in [6.07, 6.45) is -0.408. The molecular weight excluding hydrogens is 214 g/mol. The van der Waals surface area contributed by atoms with Crippen molar-refractivity contribution in [3.05, 3.63) is 28.8 Å². The number of anilines is 1. The Balaban J connectivity index is 2.89. The van der Waals surface area contributed by atoms with Crippen molar-refractivity contribution >= 4 is 11.8 Å². The number of ether oxygens (including phenoxy) is 1. The first-order chi connectivity index (χ1) is 7.70. The van der Waals surface area contributed by atoms with Crippen LogP contribution in [0.2, 0.25) is 0 Å². The van der Waals surface area contributed by atoms with Crippen LogP contribution < -0.4 is 5.32 Å². The lowest BCUT2D eigenvalue weighted by molar-refractivity contribution is 0.0635. The molecule has 0 saturated carbocycles. The molecule has 0 bridgehead atoms. The van der Waals surface area contributed by atoms with Gasteiger partial charge in [-0.1, -0.05) is 12.1 Å². The van der Waals surface area contributed by atoms with E-state index >= 15 is 0 Å². The molecular formula is C14H21NO2. The van der Waals surface area contributed by atoms with Crippen LogP contribution in [0, 0.1) is 20.8 Å². The lowest BCUT2D eigenvalue weighted by Gasteiger charge is -2.21. The molecule has 3 heteroatoms. The minimum Gasteiger partial charge on any atom is -0.444 e. The summed E-state index contributed by atoms with van der Waals surface area (Å²) in [4.78, 5) is 11.7. The molecule has 0 aliphatic heterocycles. The molecule has 17 heavy (non-hydrogen) atoms. The fourth-order valence-electron chi connectivity index (χ4n) is 1.55. The highest BCUT2D eigenvalue weighted by Gasteiger charge is 2.17. The molecule has 0 radical (unpaired) electrons. The van der Waals surface area contributed by atoms with E-state index in [1.807, 2.05) is 53.7 Å². The number of nitrogens with one attached hydrogen (secondary N) is 1. The summed E-state index contributed by atoms with van der Waals surface area (Å²) in [6.45, 7) is 11.5. The van der Waals surface area contributed by atoms with Crippen LogP contribution in [0.3, 0.4) is 0 Å². The number of hydrogen-bond acceptors (Lipinski definition) is 2. The Morgan fingerprint density at radius 1 is 1.12 bits per heavy atom. The van der Waals surface area contributed by atoms with Crippen molar-refractivity contribution in [3.8, 4) is 0 Å². The maximum absolute atomic E-state index is 11.7.